The van der Waals surface area contributed by atoms with Gasteiger partial charge < -0.3 is 29.4 Å². The van der Waals surface area contributed by atoms with E-state index in [2.05, 4.69) is 20.3 Å². The monoisotopic (exact) mass is 686 g/mol. The Labute approximate surface area is 276 Å². The molecule has 2 N–H and O–H groups in total. The first-order chi connectivity index (χ1) is 22.9. The summed E-state index contributed by atoms with van der Waals surface area (Å²) in [5.41, 5.74) is -1.74. The zero-order valence-corrected chi connectivity index (χ0v) is 26.3. The number of anilines is 1. The number of pyridine rings is 1. The lowest BCUT2D eigenvalue weighted by atomic mass is 9.78. The number of hydrogen-bond donors (Lipinski definition) is 2. The van der Waals surface area contributed by atoms with Gasteiger partial charge in [-0.2, -0.15) is 8.78 Å². The highest BCUT2D eigenvalue weighted by molar-refractivity contribution is 6.30. The van der Waals surface area contributed by atoms with Crippen molar-refractivity contribution in [1.29, 1.82) is 0 Å². The van der Waals surface area contributed by atoms with Crippen LogP contribution in [0.2, 0.25) is 5.02 Å². The van der Waals surface area contributed by atoms with E-state index in [1.807, 2.05) is 0 Å². The number of nitrogens with zero attached hydrogens (tertiary/aromatic N) is 5. The number of carbonyl (C=O) groups is 3. The molecule has 252 valence electrons. The van der Waals surface area contributed by atoms with Gasteiger partial charge in [-0.3, -0.25) is 9.59 Å². The van der Waals surface area contributed by atoms with Gasteiger partial charge in [-0.25, -0.2) is 24.1 Å². The average Bonchev–Trinajstić information content (AvgIpc) is 3.66. The largest absolute Gasteiger partial charge is 0.480 e. The summed E-state index contributed by atoms with van der Waals surface area (Å²) in [7, 11) is 0. The van der Waals surface area contributed by atoms with E-state index in [9.17, 15) is 19.5 Å². The van der Waals surface area contributed by atoms with E-state index in [1.54, 1.807) is 31.2 Å². The van der Waals surface area contributed by atoms with Gasteiger partial charge in [-0.05, 0) is 24.6 Å². The molecule has 0 spiro atoms. The second kappa shape index (κ2) is 11.8. The molecule has 16 heteroatoms. The van der Waals surface area contributed by atoms with Crippen molar-refractivity contribution in [2.45, 2.75) is 56.3 Å². The van der Waals surface area contributed by atoms with Crippen LogP contribution in [0.3, 0.4) is 0 Å². The summed E-state index contributed by atoms with van der Waals surface area (Å²) in [6, 6.07) is 6.59. The molecule has 2 saturated heterocycles. The molecule has 4 aliphatic heterocycles. The molecule has 48 heavy (non-hydrogen) atoms. The normalized spacial score (nSPS) is 26.3. The maximum absolute atomic E-state index is 17.0. The van der Waals surface area contributed by atoms with Gasteiger partial charge in [0.05, 0.1) is 17.1 Å². The first kappa shape index (κ1) is 31.9. The molecule has 4 aromatic rings. The number of rotatable bonds is 1. The summed E-state index contributed by atoms with van der Waals surface area (Å²) in [4.78, 5) is 53.6. The maximum Gasteiger partial charge on any atom is 0.382 e. The van der Waals surface area contributed by atoms with Crippen LogP contribution < -0.4 is 15.0 Å². The molecule has 12 nitrogen and oxygen atoms in total. The minimum Gasteiger partial charge on any atom is -0.480 e. The molecule has 6 bridgehead atoms. The van der Waals surface area contributed by atoms with E-state index in [4.69, 9.17) is 20.8 Å². The SMILES string of the molecule is C[C@H]1CN2CC[C@]1(F)c1cc(Cl)cnc1O[C@H]1C[C@@H](C(=O)O)N(C1)c1nc(nc3c1oc1ccccc13)C(F)(F)C(=O)NCCCC2=O. The lowest BCUT2D eigenvalue weighted by Gasteiger charge is -2.42. The highest BCUT2D eigenvalue weighted by atomic mass is 35.5. The number of ether oxygens (including phenoxy) is 1. The number of fused-ring (bicyclic) bond motifs is 11. The quantitative estimate of drug-likeness (QED) is 0.291. The Kier molecular flexibility index (Phi) is 7.84. The van der Waals surface area contributed by atoms with Gasteiger partial charge in [0.2, 0.25) is 17.6 Å². The molecular weight excluding hydrogens is 657 g/mol. The van der Waals surface area contributed by atoms with Crippen molar-refractivity contribution in [2.75, 3.05) is 31.1 Å². The van der Waals surface area contributed by atoms with Crippen LogP contribution in [-0.2, 0) is 26.0 Å². The van der Waals surface area contributed by atoms with Crippen molar-refractivity contribution in [2.24, 2.45) is 5.92 Å². The van der Waals surface area contributed by atoms with Crippen molar-refractivity contribution >= 4 is 57.3 Å². The molecule has 2 amide bonds. The van der Waals surface area contributed by atoms with Crippen LogP contribution in [0, 0.1) is 5.92 Å². The number of nitrogens with one attached hydrogen (secondary N) is 1. The molecule has 0 unspecified atom stereocenters. The Bertz CT molecular complexity index is 1960. The van der Waals surface area contributed by atoms with Crippen LogP contribution in [0.25, 0.3) is 22.1 Å². The maximum atomic E-state index is 17.0. The Balaban J connectivity index is 1.37. The molecule has 4 atom stereocenters. The number of amides is 2. The van der Waals surface area contributed by atoms with Gasteiger partial charge in [-0.1, -0.05) is 30.7 Å². The lowest BCUT2D eigenvalue weighted by Crippen LogP contribution is -2.49. The molecule has 0 aliphatic carbocycles. The molecular formula is C32H30ClF3N6O6. The van der Waals surface area contributed by atoms with Crippen molar-refractivity contribution in [1.82, 2.24) is 25.2 Å². The first-order valence-corrected chi connectivity index (χ1v) is 15.9. The van der Waals surface area contributed by atoms with Gasteiger partial charge in [0.25, 0.3) is 5.91 Å². The molecule has 8 rings (SSSR count). The number of furan rings is 1. The van der Waals surface area contributed by atoms with Crippen LogP contribution in [0.4, 0.5) is 19.0 Å². The topological polar surface area (TPSA) is 151 Å². The van der Waals surface area contributed by atoms with Gasteiger partial charge in [-0.15, -0.1) is 0 Å². The number of hydrogen-bond acceptors (Lipinski definition) is 9. The van der Waals surface area contributed by atoms with Crippen LogP contribution >= 0.6 is 11.6 Å². The van der Waals surface area contributed by atoms with E-state index in [1.165, 1.54) is 22.1 Å². The number of piperidine rings is 1. The zero-order chi connectivity index (χ0) is 34.0. The molecule has 7 heterocycles. The molecule has 0 radical (unpaired) electrons. The number of carboxylic acid groups (broad SMARTS) is 1. The number of para-hydroxylation sites is 1. The van der Waals surface area contributed by atoms with E-state index < -0.39 is 47.4 Å². The lowest BCUT2D eigenvalue weighted by molar-refractivity contribution is -0.148. The highest BCUT2D eigenvalue weighted by Crippen LogP contribution is 2.46. The molecule has 0 saturated carbocycles. The minimum atomic E-state index is -4.24. The van der Waals surface area contributed by atoms with Gasteiger partial charge in [0, 0.05) is 56.4 Å². The van der Waals surface area contributed by atoms with Crippen molar-refractivity contribution in [3.05, 3.63) is 52.9 Å². The number of aromatic nitrogens is 3. The summed E-state index contributed by atoms with van der Waals surface area (Å²) in [5, 5.41) is 12.9. The smallest absolute Gasteiger partial charge is 0.382 e. The second-order valence-corrected chi connectivity index (χ2v) is 12.9. The Morgan fingerprint density at radius 1 is 1.17 bits per heavy atom. The molecule has 1 aromatic carbocycles. The zero-order valence-electron chi connectivity index (χ0n) is 25.6. The van der Waals surface area contributed by atoms with Crippen LogP contribution in [0.5, 0.6) is 5.88 Å². The predicted molar refractivity (Wildman–Crippen MR) is 166 cm³/mol. The van der Waals surface area contributed by atoms with Crippen molar-refractivity contribution in [3.8, 4) is 5.88 Å². The third-order valence-electron chi connectivity index (χ3n) is 9.36. The fraction of sp³-hybridized carbons (Fsp3) is 0.438. The number of carboxylic acids is 1. The van der Waals surface area contributed by atoms with E-state index in [0.717, 1.165) is 0 Å². The van der Waals surface area contributed by atoms with Gasteiger partial charge >= 0.3 is 11.9 Å². The van der Waals surface area contributed by atoms with E-state index in [0.29, 0.717) is 5.39 Å². The third kappa shape index (κ3) is 5.33. The highest BCUT2D eigenvalue weighted by Gasteiger charge is 2.49. The number of aliphatic carboxylic acids is 1. The number of halogens is 4. The number of benzene rings is 1. The standard InChI is InChI=1S/C32H30ClF3N6O6/c1-16-14-41-10-8-31(16,34)20-11-17(33)13-38-27(20)47-18-12-21(28(44)45)42(15-18)26-25-24(19-5-2-3-6-22(19)48-25)39-29(40-26)32(35,36)30(46)37-9-4-7-23(41)43/h2-3,5-6,11,13,16,18,21H,4,7-10,12,14-15H2,1H3,(H,37,46)(H,44,45)/t16-,18-,21-,31+/m0/s1. The van der Waals surface area contributed by atoms with Gasteiger partial charge in [0.1, 0.15) is 28.9 Å². The molecule has 3 aromatic heterocycles. The van der Waals surface area contributed by atoms with Crippen molar-refractivity contribution < 1.29 is 41.8 Å². The first-order valence-electron chi connectivity index (χ1n) is 15.5. The third-order valence-corrected chi connectivity index (χ3v) is 9.56. The van der Waals surface area contributed by atoms with Crippen LogP contribution in [0.1, 0.15) is 44.0 Å². The van der Waals surface area contributed by atoms with Crippen LogP contribution in [0.15, 0.2) is 40.9 Å². The summed E-state index contributed by atoms with van der Waals surface area (Å²) >= 11 is 6.27. The fourth-order valence-corrected chi connectivity index (χ4v) is 6.95. The van der Waals surface area contributed by atoms with E-state index >= 15 is 13.2 Å². The molecule has 2 fully saturated rings. The average molecular weight is 687 g/mol. The number of alkyl halides is 3. The Morgan fingerprint density at radius 3 is 2.73 bits per heavy atom. The Morgan fingerprint density at radius 2 is 1.96 bits per heavy atom. The summed E-state index contributed by atoms with van der Waals surface area (Å²) < 4.78 is 60.8. The summed E-state index contributed by atoms with van der Waals surface area (Å²) in [6.45, 7) is 1.33. The fourth-order valence-electron chi connectivity index (χ4n) is 6.79. The molecule has 4 aliphatic rings. The van der Waals surface area contributed by atoms with E-state index in [-0.39, 0.29) is 96.7 Å². The Hall–Kier alpha value is -4.66. The predicted octanol–water partition coefficient (Wildman–Crippen LogP) is 4.57. The van der Waals surface area contributed by atoms with Crippen molar-refractivity contribution in [3.63, 3.8) is 0 Å². The number of carbonyl (C=O) groups excluding carboxylic acids is 2. The second-order valence-electron chi connectivity index (χ2n) is 12.4. The minimum absolute atomic E-state index is 0.0422. The summed E-state index contributed by atoms with van der Waals surface area (Å²) in [6.07, 6.45) is 0.0968. The van der Waals surface area contributed by atoms with Crippen LogP contribution in [-0.4, -0.2) is 81.1 Å². The van der Waals surface area contributed by atoms with Gasteiger partial charge in [0.15, 0.2) is 11.4 Å². The summed E-state index contributed by atoms with van der Waals surface area (Å²) in [5.74, 6) is -9.78.